The van der Waals surface area contributed by atoms with Gasteiger partial charge in [0.25, 0.3) is 0 Å². The number of fused-ring (bicyclic) bond motifs is 1. The molecule has 1 atom stereocenters. The van der Waals surface area contributed by atoms with E-state index < -0.39 is 11.7 Å². The Bertz CT molecular complexity index is 565. The van der Waals surface area contributed by atoms with Gasteiger partial charge in [-0.1, -0.05) is 0 Å². The molecule has 0 fully saturated rings. The molecular formula is C12H14F3N3S. The average Bonchev–Trinajstić information content (AvgIpc) is 2.77. The molecule has 0 saturated heterocycles. The lowest BCUT2D eigenvalue weighted by atomic mass is 10.2. The molecule has 0 spiro atoms. The molecule has 0 radical (unpaired) electrons. The van der Waals surface area contributed by atoms with Gasteiger partial charge >= 0.3 is 6.18 Å². The second-order valence-corrected chi connectivity index (χ2v) is 5.23. The highest BCUT2D eigenvalue weighted by molar-refractivity contribution is 7.98. The Hall–Kier alpha value is -1.21. The molecule has 1 aromatic heterocycles. The van der Waals surface area contributed by atoms with Crippen LogP contribution in [-0.2, 0) is 6.18 Å². The molecule has 0 aliphatic carbocycles. The van der Waals surface area contributed by atoms with Crippen LogP contribution in [0.4, 0.5) is 13.2 Å². The smallest absolute Gasteiger partial charge is 0.341 e. The summed E-state index contributed by atoms with van der Waals surface area (Å²) >= 11 is 1.67. The SMILES string of the molecule is CSCCC(N)c1nc2ccc(C(F)(F)F)cc2[nH]1. The first-order chi connectivity index (χ1) is 8.91. The highest BCUT2D eigenvalue weighted by Crippen LogP contribution is 2.31. The Morgan fingerprint density at radius 3 is 2.79 bits per heavy atom. The van der Waals surface area contributed by atoms with E-state index in [4.69, 9.17) is 5.73 Å². The van der Waals surface area contributed by atoms with Crippen LogP contribution in [0.2, 0.25) is 0 Å². The molecule has 104 valence electrons. The Labute approximate surface area is 112 Å². The lowest BCUT2D eigenvalue weighted by Crippen LogP contribution is -2.12. The molecule has 7 heteroatoms. The predicted molar refractivity (Wildman–Crippen MR) is 71.0 cm³/mol. The third kappa shape index (κ3) is 3.22. The molecule has 1 heterocycles. The number of nitrogens with two attached hydrogens (primary N) is 1. The van der Waals surface area contributed by atoms with Crippen molar-refractivity contribution in [3.05, 3.63) is 29.6 Å². The van der Waals surface area contributed by atoms with Gasteiger partial charge in [-0.2, -0.15) is 24.9 Å². The average molecular weight is 289 g/mol. The quantitative estimate of drug-likeness (QED) is 0.907. The van der Waals surface area contributed by atoms with Crippen LogP contribution in [-0.4, -0.2) is 22.0 Å². The summed E-state index contributed by atoms with van der Waals surface area (Å²) in [5, 5.41) is 0. The summed E-state index contributed by atoms with van der Waals surface area (Å²) in [6, 6.07) is 3.17. The van der Waals surface area contributed by atoms with E-state index in [-0.39, 0.29) is 6.04 Å². The molecular weight excluding hydrogens is 275 g/mol. The van der Waals surface area contributed by atoms with Crippen molar-refractivity contribution in [2.75, 3.05) is 12.0 Å². The van der Waals surface area contributed by atoms with Crippen molar-refractivity contribution in [1.82, 2.24) is 9.97 Å². The summed E-state index contributed by atoms with van der Waals surface area (Å²) in [6.07, 6.45) is -1.64. The highest BCUT2D eigenvalue weighted by Gasteiger charge is 2.30. The van der Waals surface area contributed by atoms with Crippen LogP contribution in [0.25, 0.3) is 11.0 Å². The standard InChI is InChI=1S/C12H14F3N3S/c1-19-5-4-8(16)11-17-9-3-2-7(12(13,14)15)6-10(9)18-11/h2-3,6,8H,4-5,16H2,1H3,(H,17,18). The third-order valence-corrected chi connectivity index (χ3v) is 3.46. The van der Waals surface area contributed by atoms with Crippen molar-refractivity contribution in [2.45, 2.75) is 18.6 Å². The van der Waals surface area contributed by atoms with Crippen molar-refractivity contribution >= 4 is 22.8 Å². The zero-order chi connectivity index (χ0) is 14.0. The minimum Gasteiger partial charge on any atom is -0.341 e. The van der Waals surface area contributed by atoms with E-state index in [9.17, 15) is 13.2 Å². The van der Waals surface area contributed by atoms with Gasteiger partial charge in [0.2, 0.25) is 0 Å². The first kappa shape index (κ1) is 14.2. The van der Waals surface area contributed by atoms with Gasteiger partial charge in [0.05, 0.1) is 22.6 Å². The minimum atomic E-state index is -4.35. The fourth-order valence-electron chi connectivity index (χ4n) is 1.76. The van der Waals surface area contributed by atoms with E-state index in [1.807, 2.05) is 6.26 Å². The molecule has 1 aromatic carbocycles. The van der Waals surface area contributed by atoms with Crippen LogP contribution >= 0.6 is 11.8 Å². The Kier molecular flexibility index (Phi) is 4.05. The van der Waals surface area contributed by atoms with Gasteiger partial charge in [-0.05, 0) is 36.6 Å². The number of halogens is 3. The zero-order valence-electron chi connectivity index (χ0n) is 10.3. The van der Waals surface area contributed by atoms with Crippen molar-refractivity contribution in [1.29, 1.82) is 0 Å². The third-order valence-electron chi connectivity index (χ3n) is 2.81. The molecule has 2 aromatic rings. The lowest BCUT2D eigenvalue weighted by molar-refractivity contribution is -0.137. The number of rotatable bonds is 4. The second-order valence-electron chi connectivity index (χ2n) is 4.24. The number of hydrogen-bond acceptors (Lipinski definition) is 3. The number of aromatic amines is 1. The maximum Gasteiger partial charge on any atom is 0.416 e. The van der Waals surface area contributed by atoms with Crippen LogP contribution in [0.5, 0.6) is 0 Å². The van der Waals surface area contributed by atoms with Gasteiger partial charge < -0.3 is 10.7 Å². The summed E-state index contributed by atoms with van der Waals surface area (Å²) in [4.78, 5) is 7.10. The number of imidazole rings is 1. The minimum absolute atomic E-state index is 0.283. The van der Waals surface area contributed by atoms with Gasteiger partial charge in [0.1, 0.15) is 5.82 Å². The van der Waals surface area contributed by atoms with Gasteiger partial charge in [-0.15, -0.1) is 0 Å². The monoisotopic (exact) mass is 289 g/mol. The number of nitrogens with zero attached hydrogens (tertiary/aromatic N) is 1. The largest absolute Gasteiger partial charge is 0.416 e. The second kappa shape index (κ2) is 5.42. The summed E-state index contributed by atoms with van der Waals surface area (Å²) < 4.78 is 37.8. The van der Waals surface area contributed by atoms with Gasteiger partial charge in [0.15, 0.2) is 0 Å². The Morgan fingerprint density at radius 1 is 1.42 bits per heavy atom. The van der Waals surface area contributed by atoms with E-state index in [0.717, 1.165) is 24.3 Å². The number of benzene rings is 1. The van der Waals surface area contributed by atoms with Crippen LogP contribution < -0.4 is 5.73 Å². The molecule has 0 amide bonds. The fraction of sp³-hybridized carbons (Fsp3) is 0.417. The summed E-state index contributed by atoms with van der Waals surface area (Å²) in [6.45, 7) is 0. The van der Waals surface area contributed by atoms with Gasteiger partial charge in [-0.3, -0.25) is 0 Å². The number of nitrogens with one attached hydrogen (secondary N) is 1. The van der Waals surface area contributed by atoms with E-state index in [1.165, 1.54) is 6.07 Å². The number of H-pyrrole nitrogens is 1. The zero-order valence-corrected chi connectivity index (χ0v) is 11.1. The molecule has 3 N–H and O–H groups in total. The first-order valence-corrected chi connectivity index (χ1v) is 7.12. The molecule has 3 nitrogen and oxygen atoms in total. The number of aromatic nitrogens is 2. The van der Waals surface area contributed by atoms with Crippen LogP contribution in [0.15, 0.2) is 18.2 Å². The van der Waals surface area contributed by atoms with Crippen molar-refractivity contribution in [3.8, 4) is 0 Å². The van der Waals surface area contributed by atoms with E-state index in [0.29, 0.717) is 16.9 Å². The predicted octanol–water partition coefficient (Wildman–Crippen LogP) is 3.33. The topological polar surface area (TPSA) is 54.7 Å². The molecule has 19 heavy (non-hydrogen) atoms. The van der Waals surface area contributed by atoms with Crippen molar-refractivity contribution < 1.29 is 13.2 Å². The van der Waals surface area contributed by atoms with Gasteiger partial charge in [0, 0.05) is 0 Å². The Balaban J connectivity index is 2.30. The van der Waals surface area contributed by atoms with Crippen LogP contribution in [0.1, 0.15) is 23.9 Å². The summed E-state index contributed by atoms with van der Waals surface area (Å²) in [5.41, 5.74) is 6.12. The molecule has 0 aliphatic heterocycles. The molecule has 0 saturated carbocycles. The van der Waals surface area contributed by atoms with E-state index in [1.54, 1.807) is 11.8 Å². The molecule has 2 rings (SSSR count). The lowest BCUT2D eigenvalue weighted by Gasteiger charge is -2.06. The highest BCUT2D eigenvalue weighted by atomic mass is 32.2. The van der Waals surface area contributed by atoms with Crippen LogP contribution in [0.3, 0.4) is 0 Å². The van der Waals surface area contributed by atoms with Gasteiger partial charge in [-0.25, -0.2) is 4.98 Å². The maximum absolute atomic E-state index is 12.6. The maximum atomic E-state index is 12.6. The first-order valence-electron chi connectivity index (χ1n) is 5.73. The summed E-state index contributed by atoms with van der Waals surface area (Å²) in [7, 11) is 0. The number of hydrogen-bond donors (Lipinski definition) is 2. The molecule has 1 unspecified atom stereocenters. The van der Waals surface area contributed by atoms with E-state index >= 15 is 0 Å². The van der Waals surface area contributed by atoms with Crippen LogP contribution in [0, 0.1) is 0 Å². The number of alkyl halides is 3. The summed E-state index contributed by atoms with van der Waals surface area (Å²) in [5.74, 6) is 1.41. The number of thioether (sulfide) groups is 1. The van der Waals surface area contributed by atoms with Crippen molar-refractivity contribution in [3.63, 3.8) is 0 Å². The Morgan fingerprint density at radius 2 is 2.16 bits per heavy atom. The fourth-order valence-corrected chi connectivity index (χ4v) is 2.25. The normalized spacial score (nSPS) is 13.9. The van der Waals surface area contributed by atoms with E-state index in [2.05, 4.69) is 9.97 Å². The molecule has 0 aliphatic rings. The van der Waals surface area contributed by atoms with Crippen molar-refractivity contribution in [2.24, 2.45) is 5.73 Å². The molecule has 0 bridgehead atoms.